The average molecular weight is 684 g/mol. The number of oxime groups is 1. The van der Waals surface area contributed by atoms with Crippen LogP contribution in [0.2, 0.25) is 0 Å². The van der Waals surface area contributed by atoms with Gasteiger partial charge in [-0.25, -0.2) is 4.57 Å². The Hall–Kier alpha value is -3.61. The second-order valence-corrected chi connectivity index (χ2v) is 11.6. The van der Waals surface area contributed by atoms with E-state index in [1.807, 2.05) is 41.6 Å². The highest BCUT2D eigenvalue weighted by Gasteiger charge is 2.43. The van der Waals surface area contributed by atoms with Gasteiger partial charge in [-0.15, -0.1) is 17.9 Å². The van der Waals surface area contributed by atoms with E-state index in [4.69, 9.17) is 14.3 Å². The number of hydrogen-bond acceptors (Lipinski definition) is 7. The quantitative estimate of drug-likeness (QED) is 0.142. The Morgan fingerprint density at radius 1 is 1.14 bits per heavy atom. The maximum absolute atomic E-state index is 12.5. The predicted molar refractivity (Wildman–Crippen MR) is 152 cm³/mol. The van der Waals surface area contributed by atoms with Crippen LogP contribution in [0.3, 0.4) is 0 Å². The molecule has 2 aromatic carbocycles. The summed E-state index contributed by atoms with van der Waals surface area (Å²) in [4.78, 5) is 16.7. The molecule has 0 aliphatic heterocycles. The summed E-state index contributed by atoms with van der Waals surface area (Å²) in [6.07, 6.45) is 0.694. The van der Waals surface area contributed by atoms with Gasteiger partial charge in [0.15, 0.2) is 0 Å². The van der Waals surface area contributed by atoms with Crippen LogP contribution < -0.4 is 35.8 Å². The highest BCUT2D eigenvalue weighted by atomic mass is 79.9. The summed E-state index contributed by atoms with van der Waals surface area (Å²) in [7, 11) is 1.53. The van der Waals surface area contributed by atoms with Crippen molar-refractivity contribution >= 4 is 11.7 Å². The molecular formula is C31H38BrF3N4O5. The van der Waals surface area contributed by atoms with Gasteiger partial charge in [0.2, 0.25) is 6.33 Å². The fraction of sp³-hybridized carbons (Fsp3) is 0.484. The first-order chi connectivity index (χ1) is 20.2. The molecule has 1 heterocycles. The van der Waals surface area contributed by atoms with E-state index in [9.17, 15) is 18.0 Å². The molecule has 0 radical (unpaired) electrons. The number of esters is 1. The standard InChI is InChI=1S/C31H38F3N4O5.BrH/c1-20-13-23(14-21(2)28(20)42-22(3)39)15-37-18-35-38(19-37)16-27-24(11-12-30(4,5)29(27)36-40-6)17-41-25-7-9-26(10-8-25)43-31(32,33)34;/h7-10,13-14,18-19,24,27H,11-12,15-17H2,1-6H3;1H/q+1;/p-1/t24-,27-;/m0./s1. The normalized spacial score (nSPS) is 18.8. The molecule has 0 N–H and O–H groups in total. The number of hydrogen-bond donors (Lipinski definition) is 0. The van der Waals surface area contributed by atoms with Crippen LogP contribution in [0.4, 0.5) is 13.2 Å². The number of alkyl halides is 3. The molecule has 240 valence electrons. The zero-order valence-corrected chi connectivity index (χ0v) is 27.2. The van der Waals surface area contributed by atoms with Gasteiger partial charge >= 0.3 is 12.3 Å². The monoisotopic (exact) mass is 682 g/mol. The van der Waals surface area contributed by atoms with Crippen LogP contribution in [0.5, 0.6) is 17.2 Å². The van der Waals surface area contributed by atoms with E-state index < -0.39 is 6.36 Å². The van der Waals surface area contributed by atoms with Crippen LogP contribution in [0.1, 0.15) is 50.3 Å². The third kappa shape index (κ3) is 9.20. The number of halogens is 4. The van der Waals surface area contributed by atoms with Gasteiger partial charge < -0.3 is 36.0 Å². The maximum Gasteiger partial charge on any atom is 0.573 e. The summed E-state index contributed by atoms with van der Waals surface area (Å²) >= 11 is 0. The lowest BCUT2D eigenvalue weighted by molar-refractivity contribution is -0.689. The van der Waals surface area contributed by atoms with Crippen molar-refractivity contribution in [1.29, 1.82) is 0 Å². The van der Waals surface area contributed by atoms with Crippen LogP contribution in [0.15, 0.2) is 54.2 Å². The van der Waals surface area contributed by atoms with Crippen LogP contribution in [-0.4, -0.2) is 41.5 Å². The minimum absolute atomic E-state index is 0. The Bertz CT molecular complexity index is 1430. The molecule has 1 aliphatic carbocycles. The van der Waals surface area contributed by atoms with Crippen molar-refractivity contribution in [2.75, 3.05) is 13.7 Å². The molecule has 0 saturated heterocycles. The van der Waals surface area contributed by atoms with Crippen molar-refractivity contribution in [3.63, 3.8) is 0 Å². The molecule has 1 saturated carbocycles. The minimum atomic E-state index is -4.75. The second-order valence-electron chi connectivity index (χ2n) is 11.6. The molecule has 3 aromatic rings. The summed E-state index contributed by atoms with van der Waals surface area (Å²) < 4.78 is 56.7. The number of rotatable bonds is 10. The number of ether oxygens (including phenoxy) is 3. The van der Waals surface area contributed by atoms with Crippen molar-refractivity contribution in [2.45, 2.75) is 66.9 Å². The fourth-order valence-corrected chi connectivity index (χ4v) is 5.65. The Labute approximate surface area is 265 Å². The lowest BCUT2D eigenvalue weighted by Crippen LogP contribution is -3.00. The molecule has 13 heteroatoms. The van der Waals surface area contributed by atoms with Crippen molar-refractivity contribution < 1.29 is 58.6 Å². The topological polar surface area (TPSA) is 88.1 Å². The molecule has 4 rings (SSSR count). The Kier molecular flexibility index (Phi) is 11.5. The fourth-order valence-electron chi connectivity index (χ4n) is 5.65. The van der Waals surface area contributed by atoms with Gasteiger partial charge in [0.05, 0.1) is 18.9 Å². The lowest BCUT2D eigenvalue weighted by Gasteiger charge is -2.40. The number of nitrogens with zero attached hydrogens (tertiary/aromatic N) is 4. The molecule has 1 aromatic heterocycles. The van der Waals surface area contributed by atoms with E-state index in [1.165, 1.54) is 38.3 Å². The number of carbonyl (C=O) groups excluding carboxylic acids is 1. The van der Waals surface area contributed by atoms with Gasteiger partial charge in [-0.1, -0.05) is 19.0 Å². The van der Waals surface area contributed by atoms with E-state index in [2.05, 4.69) is 28.8 Å². The van der Waals surface area contributed by atoms with Crippen LogP contribution in [0, 0.1) is 31.1 Å². The van der Waals surface area contributed by atoms with Gasteiger partial charge in [-0.3, -0.25) is 4.79 Å². The van der Waals surface area contributed by atoms with E-state index >= 15 is 0 Å². The van der Waals surface area contributed by atoms with E-state index in [1.54, 1.807) is 6.33 Å². The van der Waals surface area contributed by atoms with Crippen molar-refractivity contribution in [2.24, 2.45) is 22.4 Å². The number of aryl methyl sites for hydroxylation is 2. The molecule has 0 spiro atoms. The van der Waals surface area contributed by atoms with Crippen molar-refractivity contribution in [3.05, 3.63) is 65.7 Å². The lowest BCUT2D eigenvalue weighted by atomic mass is 9.65. The molecular weight excluding hydrogens is 645 g/mol. The van der Waals surface area contributed by atoms with Gasteiger partial charge in [0.1, 0.15) is 30.9 Å². The third-order valence-electron chi connectivity index (χ3n) is 7.61. The first kappa shape index (κ1) is 34.9. The molecule has 0 bridgehead atoms. The summed E-state index contributed by atoms with van der Waals surface area (Å²) in [5.74, 6) is 0.381. The number of carbonyl (C=O) groups is 1. The first-order valence-electron chi connectivity index (χ1n) is 14.0. The highest BCUT2D eigenvalue weighted by Crippen LogP contribution is 2.41. The number of benzene rings is 2. The molecule has 1 fully saturated rings. The summed E-state index contributed by atoms with van der Waals surface area (Å²) in [6.45, 7) is 11.0. The number of aromatic nitrogens is 3. The minimum Gasteiger partial charge on any atom is -1.00 e. The van der Waals surface area contributed by atoms with E-state index in [-0.39, 0.29) is 46.0 Å². The summed E-state index contributed by atoms with van der Waals surface area (Å²) in [5.41, 5.74) is 3.53. The first-order valence-corrected chi connectivity index (χ1v) is 14.0. The van der Waals surface area contributed by atoms with Crippen LogP contribution in [-0.2, 0) is 22.7 Å². The Morgan fingerprint density at radius 3 is 2.36 bits per heavy atom. The van der Waals surface area contributed by atoms with Crippen LogP contribution >= 0.6 is 0 Å². The summed E-state index contributed by atoms with van der Waals surface area (Å²) in [5, 5.41) is 9.05. The SMILES string of the molecule is CON=C1[C@@H](Cn2c[n+](Cc3cc(C)c(OC(C)=O)c(C)c3)cn2)[C@H](COc2ccc(OC(F)(F)F)cc2)CCC1(C)C.[Br-]. The van der Waals surface area contributed by atoms with Crippen molar-refractivity contribution in [3.8, 4) is 17.2 Å². The Balaban J connectivity index is 0.00000529. The van der Waals surface area contributed by atoms with E-state index in [0.717, 1.165) is 35.2 Å². The smallest absolute Gasteiger partial charge is 0.573 e. The molecule has 0 unspecified atom stereocenters. The zero-order chi connectivity index (χ0) is 31.4. The molecule has 44 heavy (non-hydrogen) atoms. The van der Waals surface area contributed by atoms with Gasteiger partial charge in [0.25, 0.3) is 6.33 Å². The van der Waals surface area contributed by atoms with Crippen molar-refractivity contribution in [1.82, 2.24) is 9.78 Å². The third-order valence-corrected chi connectivity index (χ3v) is 7.61. The van der Waals surface area contributed by atoms with Gasteiger partial charge in [0, 0.05) is 29.3 Å². The highest BCUT2D eigenvalue weighted by molar-refractivity contribution is 5.92. The molecule has 0 amide bonds. The van der Waals surface area contributed by atoms with E-state index in [0.29, 0.717) is 31.2 Å². The summed E-state index contributed by atoms with van der Waals surface area (Å²) in [6, 6.07) is 9.39. The maximum atomic E-state index is 12.5. The average Bonchev–Trinajstić information content (AvgIpc) is 3.34. The van der Waals surface area contributed by atoms with Gasteiger partial charge in [-0.05, 0) is 79.8 Å². The molecule has 1 aliphatic rings. The predicted octanol–water partition coefficient (Wildman–Crippen LogP) is 2.80. The van der Waals surface area contributed by atoms with Crippen LogP contribution in [0.25, 0.3) is 0 Å². The largest absolute Gasteiger partial charge is 1.00 e. The molecule has 2 atom stereocenters. The van der Waals surface area contributed by atoms with Gasteiger partial charge in [-0.2, -0.15) is 0 Å². The molecule has 9 nitrogen and oxygen atoms in total. The zero-order valence-electron chi connectivity index (χ0n) is 25.7. The second kappa shape index (κ2) is 14.4. The Morgan fingerprint density at radius 2 is 1.77 bits per heavy atom.